The van der Waals surface area contributed by atoms with E-state index in [1.807, 2.05) is 6.07 Å². The van der Waals surface area contributed by atoms with Gasteiger partial charge in [-0.3, -0.25) is 0 Å². The van der Waals surface area contributed by atoms with E-state index in [9.17, 15) is 0 Å². The van der Waals surface area contributed by atoms with E-state index in [0.717, 1.165) is 11.9 Å². The van der Waals surface area contributed by atoms with Crippen molar-refractivity contribution >= 4 is 21.6 Å². The highest BCUT2D eigenvalue weighted by molar-refractivity contribution is 7.18. The number of fused-ring (bicyclic) bond motifs is 1. The van der Waals surface area contributed by atoms with Gasteiger partial charge in [-0.15, -0.1) is 11.3 Å². The number of nitrogens with zero attached hydrogens (tertiary/aromatic N) is 1. The Balaban J connectivity index is 2.12. The fraction of sp³-hybridized carbons (Fsp3) is 0.300. The number of hydrogen-bond donors (Lipinski definition) is 1. The van der Waals surface area contributed by atoms with E-state index < -0.39 is 0 Å². The van der Waals surface area contributed by atoms with Gasteiger partial charge in [0.05, 0.1) is 15.2 Å². The summed E-state index contributed by atoms with van der Waals surface area (Å²) in [5.74, 6) is 0.539. The number of aromatic nitrogens is 1. The molecule has 0 saturated heterocycles. The lowest BCUT2D eigenvalue weighted by atomic mass is 10.3. The van der Waals surface area contributed by atoms with Crippen molar-refractivity contribution in [2.24, 2.45) is 5.73 Å². The Morgan fingerprint density at radius 1 is 1.38 bits per heavy atom. The zero-order valence-corrected chi connectivity index (χ0v) is 7.92. The first-order valence-electron chi connectivity index (χ1n) is 4.45. The predicted molar refractivity (Wildman–Crippen MR) is 55.0 cm³/mol. The highest BCUT2D eigenvalue weighted by Crippen LogP contribution is 2.42. The minimum absolute atomic E-state index is 0.362. The molecular weight excluding hydrogens is 180 g/mol. The second kappa shape index (κ2) is 2.53. The molecule has 1 fully saturated rings. The largest absolute Gasteiger partial charge is 0.327 e. The highest BCUT2D eigenvalue weighted by Gasteiger charge is 2.37. The number of para-hydroxylation sites is 1. The summed E-state index contributed by atoms with van der Waals surface area (Å²) < 4.78 is 1.27. The Hall–Kier alpha value is -0.930. The smallest absolute Gasteiger partial charge is 0.0985 e. The third-order valence-electron chi connectivity index (χ3n) is 2.47. The van der Waals surface area contributed by atoms with Crippen molar-refractivity contribution in [1.82, 2.24) is 4.98 Å². The van der Waals surface area contributed by atoms with Crippen LogP contribution in [-0.4, -0.2) is 11.0 Å². The molecule has 1 heterocycles. The fourth-order valence-corrected chi connectivity index (χ4v) is 2.70. The third-order valence-corrected chi connectivity index (χ3v) is 3.64. The van der Waals surface area contributed by atoms with Crippen molar-refractivity contribution in [1.29, 1.82) is 0 Å². The average molecular weight is 190 g/mol. The normalized spacial score (nSPS) is 26.5. The Kier molecular flexibility index (Phi) is 1.45. The van der Waals surface area contributed by atoms with Crippen molar-refractivity contribution in [2.45, 2.75) is 18.4 Å². The van der Waals surface area contributed by atoms with Crippen LogP contribution in [0.25, 0.3) is 10.2 Å². The third kappa shape index (κ3) is 1.16. The van der Waals surface area contributed by atoms with E-state index in [4.69, 9.17) is 5.73 Å². The van der Waals surface area contributed by atoms with Crippen molar-refractivity contribution in [3.05, 3.63) is 29.3 Å². The van der Waals surface area contributed by atoms with Crippen molar-refractivity contribution in [2.75, 3.05) is 0 Å². The molecule has 2 aromatic rings. The zero-order chi connectivity index (χ0) is 8.84. The maximum Gasteiger partial charge on any atom is 0.0985 e. The highest BCUT2D eigenvalue weighted by atomic mass is 32.1. The first-order chi connectivity index (χ1) is 6.34. The Bertz CT molecular complexity index is 416. The van der Waals surface area contributed by atoms with Crippen LogP contribution in [0, 0.1) is 0 Å². The van der Waals surface area contributed by atoms with Crippen molar-refractivity contribution < 1.29 is 0 Å². The van der Waals surface area contributed by atoms with Gasteiger partial charge < -0.3 is 5.73 Å². The van der Waals surface area contributed by atoms with Gasteiger partial charge >= 0.3 is 0 Å². The van der Waals surface area contributed by atoms with E-state index in [1.54, 1.807) is 11.3 Å². The summed E-state index contributed by atoms with van der Waals surface area (Å²) in [6.07, 6.45) is 1.11. The standard InChI is InChI=1S/C10H10N2S/c11-7-5-6(7)10-12-8-3-1-2-4-9(8)13-10/h1-4,6-7H,5,11H2. The molecule has 1 aromatic heterocycles. The average Bonchev–Trinajstić information content (AvgIpc) is 2.74. The molecule has 0 aliphatic heterocycles. The van der Waals surface area contributed by atoms with E-state index in [2.05, 4.69) is 23.2 Å². The molecule has 1 aliphatic rings. The molecule has 3 rings (SSSR count). The van der Waals surface area contributed by atoms with E-state index >= 15 is 0 Å². The number of hydrogen-bond acceptors (Lipinski definition) is 3. The number of nitrogens with two attached hydrogens (primary N) is 1. The van der Waals surface area contributed by atoms with Gasteiger partial charge in [-0.2, -0.15) is 0 Å². The van der Waals surface area contributed by atoms with Crippen LogP contribution in [0.2, 0.25) is 0 Å². The maximum absolute atomic E-state index is 5.79. The van der Waals surface area contributed by atoms with Crippen LogP contribution in [0.15, 0.2) is 24.3 Å². The molecule has 2 atom stereocenters. The van der Waals surface area contributed by atoms with E-state index in [1.165, 1.54) is 9.71 Å². The first kappa shape index (κ1) is 7.47. The quantitative estimate of drug-likeness (QED) is 0.748. The molecule has 2 unspecified atom stereocenters. The summed E-state index contributed by atoms with van der Waals surface area (Å²) in [6, 6.07) is 8.62. The van der Waals surface area contributed by atoms with Crippen LogP contribution in [0.1, 0.15) is 17.3 Å². The van der Waals surface area contributed by atoms with Gasteiger partial charge in [0.15, 0.2) is 0 Å². The van der Waals surface area contributed by atoms with Crippen LogP contribution >= 0.6 is 11.3 Å². The van der Waals surface area contributed by atoms with E-state index in [-0.39, 0.29) is 0 Å². The SMILES string of the molecule is NC1CC1c1nc2ccccc2s1. The molecule has 1 aliphatic carbocycles. The molecule has 66 valence electrons. The lowest BCUT2D eigenvalue weighted by Gasteiger charge is -1.85. The summed E-state index contributed by atoms with van der Waals surface area (Å²) in [5.41, 5.74) is 6.90. The summed E-state index contributed by atoms with van der Waals surface area (Å²) in [7, 11) is 0. The van der Waals surface area contributed by atoms with Crippen LogP contribution in [-0.2, 0) is 0 Å². The Morgan fingerprint density at radius 3 is 2.85 bits per heavy atom. The second-order valence-electron chi connectivity index (χ2n) is 3.53. The monoisotopic (exact) mass is 190 g/mol. The van der Waals surface area contributed by atoms with Gasteiger partial charge in [-0.1, -0.05) is 12.1 Å². The molecule has 3 heteroatoms. The fourth-order valence-electron chi connectivity index (χ4n) is 1.55. The Morgan fingerprint density at radius 2 is 2.15 bits per heavy atom. The van der Waals surface area contributed by atoms with Gasteiger partial charge in [0, 0.05) is 12.0 Å². The summed E-state index contributed by atoms with van der Waals surface area (Å²) >= 11 is 1.78. The molecule has 0 bridgehead atoms. The van der Waals surface area contributed by atoms with Gasteiger partial charge in [0.25, 0.3) is 0 Å². The van der Waals surface area contributed by atoms with Crippen molar-refractivity contribution in [3.8, 4) is 0 Å². The number of thiazole rings is 1. The minimum atomic E-state index is 0.362. The predicted octanol–water partition coefficient (Wildman–Crippen LogP) is 2.11. The molecule has 13 heavy (non-hydrogen) atoms. The molecule has 0 amide bonds. The summed E-state index contributed by atoms with van der Waals surface area (Å²) in [4.78, 5) is 4.56. The summed E-state index contributed by atoms with van der Waals surface area (Å²) in [6.45, 7) is 0. The number of rotatable bonds is 1. The van der Waals surface area contributed by atoms with E-state index in [0.29, 0.717) is 12.0 Å². The molecule has 1 saturated carbocycles. The zero-order valence-electron chi connectivity index (χ0n) is 7.10. The first-order valence-corrected chi connectivity index (χ1v) is 5.27. The van der Waals surface area contributed by atoms with Crippen LogP contribution in [0.4, 0.5) is 0 Å². The lowest BCUT2D eigenvalue weighted by molar-refractivity contribution is 0.980. The topological polar surface area (TPSA) is 38.9 Å². The molecule has 0 radical (unpaired) electrons. The molecule has 1 aromatic carbocycles. The van der Waals surface area contributed by atoms with Crippen molar-refractivity contribution in [3.63, 3.8) is 0 Å². The van der Waals surface area contributed by atoms with Crippen LogP contribution in [0.5, 0.6) is 0 Å². The molecule has 2 N–H and O–H groups in total. The molecule has 0 spiro atoms. The lowest BCUT2D eigenvalue weighted by Crippen LogP contribution is -2.00. The summed E-state index contributed by atoms with van der Waals surface area (Å²) in [5, 5.41) is 1.22. The maximum atomic E-state index is 5.79. The van der Waals surface area contributed by atoms with Gasteiger partial charge in [0.2, 0.25) is 0 Å². The molecular formula is C10H10N2S. The minimum Gasteiger partial charge on any atom is -0.327 e. The van der Waals surface area contributed by atoms with Crippen LogP contribution < -0.4 is 5.73 Å². The Labute approximate surface area is 80.4 Å². The second-order valence-corrected chi connectivity index (χ2v) is 4.59. The van der Waals surface area contributed by atoms with Gasteiger partial charge in [-0.25, -0.2) is 4.98 Å². The van der Waals surface area contributed by atoms with Crippen LogP contribution in [0.3, 0.4) is 0 Å². The molecule has 2 nitrogen and oxygen atoms in total. The van der Waals surface area contributed by atoms with Gasteiger partial charge in [-0.05, 0) is 18.6 Å². The van der Waals surface area contributed by atoms with Gasteiger partial charge in [0.1, 0.15) is 0 Å². The number of benzene rings is 1.